The third kappa shape index (κ3) is 4.07. The van der Waals surface area contributed by atoms with E-state index in [2.05, 4.69) is 10.3 Å². The number of hydrogen-bond acceptors (Lipinski definition) is 4. The largest absolute Gasteiger partial charge is 0.392 e. The zero-order valence-corrected chi connectivity index (χ0v) is 13.9. The molecular formula is C19H18N2O2S. The summed E-state index contributed by atoms with van der Waals surface area (Å²) < 4.78 is 0. The summed E-state index contributed by atoms with van der Waals surface area (Å²) in [5.41, 5.74) is 3.48. The van der Waals surface area contributed by atoms with Crippen molar-refractivity contribution in [2.24, 2.45) is 0 Å². The number of rotatable bonds is 6. The molecule has 4 nitrogen and oxygen atoms in total. The van der Waals surface area contributed by atoms with Crippen LogP contribution < -0.4 is 5.32 Å². The van der Waals surface area contributed by atoms with Crippen LogP contribution in [-0.4, -0.2) is 22.5 Å². The number of amides is 1. The molecule has 0 saturated carbocycles. The lowest BCUT2D eigenvalue weighted by molar-refractivity contribution is 0.0950. The van der Waals surface area contributed by atoms with Crippen molar-refractivity contribution in [2.75, 3.05) is 6.54 Å². The summed E-state index contributed by atoms with van der Waals surface area (Å²) in [4.78, 5) is 16.6. The van der Waals surface area contributed by atoms with Crippen molar-refractivity contribution >= 4 is 17.2 Å². The van der Waals surface area contributed by atoms with Crippen LogP contribution in [0, 0.1) is 0 Å². The molecule has 0 bridgehead atoms. The molecule has 1 aromatic heterocycles. The van der Waals surface area contributed by atoms with Crippen LogP contribution in [0.3, 0.4) is 0 Å². The van der Waals surface area contributed by atoms with E-state index in [1.165, 1.54) is 11.3 Å². The van der Waals surface area contributed by atoms with Gasteiger partial charge in [0.1, 0.15) is 10.7 Å². The SMILES string of the molecule is O=C(NCCc1ccc(CO)cc1)c1csc(-c2ccccc2)n1. The number of hydrogen-bond donors (Lipinski definition) is 2. The lowest BCUT2D eigenvalue weighted by Crippen LogP contribution is -2.25. The topological polar surface area (TPSA) is 62.2 Å². The molecule has 0 atom stereocenters. The molecule has 3 aromatic rings. The van der Waals surface area contributed by atoms with Crippen LogP contribution in [0.5, 0.6) is 0 Å². The van der Waals surface area contributed by atoms with Gasteiger partial charge in [0, 0.05) is 17.5 Å². The maximum absolute atomic E-state index is 12.2. The van der Waals surface area contributed by atoms with Crippen LogP contribution in [0.15, 0.2) is 60.0 Å². The highest BCUT2D eigenvalue weighted by molar-refractivity contribution is 7.13. The van der Waals surface area contributed by atoms with Gasteiger partial charge in [-0.1, -0.05) is 54.6 Å². The summed E-state index contributed by atoms with van der Waals surface area (Å²) in [6.45, 7) is 0.597. The quantitative estimate of drug-likeness (QED) is 0.725. The molecular weight excluding hydrogens is 320 g/mol. The maximum Gasteiger partial charge on any atom is 0.270 e. The predicted octanol–water partition coefficient (Wildman–Crippen LogP) is 3.27. The summed E-state index contributed by atoms with van der Waals surface area (Å²) in [5, 5.41) is 14.6. The number of carbonyl (C=O) groups is 1. The second kappa shape index (κ2) is 7.86. The Morgan fingerprint density at radius 1 is 1.04 bits per heavy atom. The van der Waals surface area contributed by atoms with Crippen molar-refractivity contribution in [3.63, 3.8) is 0 Å². The summed E-state index contributed by atoms with van der Waals surface area (Å²) >= 11 is 1.47. The fraction of sp³-hybridized carbons (Fsp3) is 0.158. The number of aliphatic hydroxyl groups excluding tert-OH is 1. The number of aliphatic hydroxyl groups is 1. The smallest absolute Gasteiger partial charge is 0.270 e. The molecule has 0 saturated heterocycles. The van der Waals surface area contributed by atoms with E-state index >= 15 is 0 Å². The number of thiazole rings is 1. The molecule has 0 aliphatic carbocycles. The lowest BCUT2D eigenvalue weighted by atomic mass is 10.1. The maximum atomic E-state index is 12.2. The Hall–Kier alpha value is -2.50. The molecule has 5 heteroatoms. The minimum atomic E-state index is -0.152. The zero-order valence-electron chi connectivity index (χ0n) is 13.1. The minimum Gasteiger partial charge on any atom is -0.392 e. The molecule has 3 rings (SSSR count). The molecule has 24 heavy (non-hydrogen) atoms. The molecule has 0 fully saturated rings. The number of nitrogens with zero attached hydrogens (tertiary/aromatic N) is 1. The first-order valence-corrected chi connectivity index (χ1v) is 8.62. The van der Waals surface area contributed by atoms with Crippen LogP contribution in [0.2, 0.25) is 0 Å². The molecule has 0 spiro atoms. The van der Waals surface area contributed by atoms with E-state index in [1.54, 1.807) is 5.38 Å². The molecule has 0 unspecified atom stereocenters. The molecule has 0 aliphatic heterocycles. The number of benzene rings is 2. The van der Waals surface area contributed by atoms with Gasteiger partial charge in [0.2, 0.25) is 0 Å². The van der Waals surface area contributed by atoms with Crippen molar-refractivity contribution in [1.82, 2.24) is 10.3 Å². The molecule has 122 valence electrons. The lowest BCUT2D eigenvalue weighted by Gasteiger charge is -2.04. The van der Waals surface area contributed by atoms with E-state index in [-0.39, 0.29) is 12.5 Å². The minimum absolute atomic E-state index is 0.0462. The number of nitrogens with one attached hydrogen (secondary N) is 1. The second-order valence-electron chi connectivity index (χ2n) is 5.38. The van der Waals surface area contributed by atoms with E-state index in [0.29, 0.717) is 12.2 Å². The van der Waals surface area contributed by atoms with Gasteiger partial charge in [-0.05, 0) is 17.5 Å². The molecule has 0 radical (unpaired) electrons. The average molecular weight is 338 g/mol. The molecule has 1 heterocycles. The molecule has 2 N–H and O–H groups in total. The second-order valence-corrected chi connectivity index (χ2v) is 6.24. The fourth-order valence-corrected chi connectivity index (χ4v) is 3.12. The van der Waals surface area contributed by atoms with Gasteiger partial charge in [-0.25, -0.2) is 4.98 Å². The van der Waals surface area contributed by atoms with E-state index in [1.807, 2.05) is 54.6 Å². The first kappa shape index (κ1) is 16.4. The van der Waals surface area contributed by atoms with Crippen LogP contribution in [0.4, 0.5) is 0 Å². The van der Waals surface area contributed by atoms with Crippen LogP contribution in [0.1, 0.15) is 21.6 Å². The van der Waals surface area contributed by atoms with Crippen molar-refractivity contribution in [2.45, 2.75) is 13.0 Å². The molecule has 1 amide bonds. The Kier molecular flexibility index (Phi) is 5.36. The predicted molar refractivity (Wildman–Crippen MR) is 96.0 cm³/mol. The van der Waals surface area contributed by atoms with Crippen molar-refractivity contribution in [1.29, 1.82) is 0 Å². The normalized spacial score (nSPS) is 10.5. The van der Waals surface area contributed by atoms with Gasteiger partial charge in [0.15, 0.2) is 0 Å². The fourth-order valence-electron chi connectivity index (χ4n) is 2.31. The van der Waals surface area contributed by atoms with Crippen LogP contribution >= 0.6 is 11.3 Å². The first-order valence-electron chi connectivity index (χ1n) is 7.74. The number of carbonyl (C=O) groups excluding carboxylic acids is 1. The first-order chi connectivity index (χ1) is 11.8. The van der Waals surface area contributed by atoms with Gasteiger partial charge in [-0.15, -0.1) is 11.3 Å². The van der Waals surface area contributed by atoms with Crippen LogP contribution in [-0.2, 0) is 13.0 Å². The third-order valence-corrected chi connectivity index (χ3v) is 4.55. The zero-order chi connectivity index (χ0) is 16.8. The molecule has 2 aromatic carbocycles. The van der Waals surface area contributed by atoms with Gasteiger partial charge < -0.3 is 10.4 Å². The van der Waals surface area contributed by atoms with Gasteiger partial charge in [-0.2, -0.15) is 0 Å². The van der Waals surface area contributed by atoms with Gasteiger partial charge >= 0.3 is 0 Å². The van der Waals surface area contributed by atoms with E-state index in [4.69, 9.17) is 5.11 Å². The van der Waals surface area contributed by atoms with E-state index in [9.17, 15) is 4.79 Å². The summed E-state index contributed by atoms with van der Waals surface area (Å²) in [6, 6.07) is 17.6. The Labute approximate surface area is 144 Å². The van der Waals surface area contributed by atoms with Crippen molar-refractivity contribution in [3.8, 4) is 10.6 Å². The van der Waals surface area contributed by atoms with Gasteiger partial charge in [0.25, 0.3) is 5.91 Å². The van der Waals surface area contributed by atoms with Gasteiger partial charge in [-0.3, -0.25) is 4.79 Å². The average Bonchev–Trinajstić information content (AvgIpc) is 3.13. The van der Waals surface area contributed by atoms with Crippen molar-refractivity contribution in [3.05, 3.63) is 76.8 Å². The Morgan fingerprint density at radius 2 is 1.75 bits per heavy atom. The van der Waals surface area contributed by atoms with E-state index < -0.39 is 0 Å². The Balaban J connectivity index is 1.54. The summed E-state index contributed by atoms with van der Waals surface area (Å²) in [5.74, 6) is -0.152. The standard InChI is InChI=1S/C19H18N2O2S/c22-12-15-8-6-14(7-9-15)10-11-20-18(23)17-13-24-19(21-17)16-4-2-1-3-5-16/h1-9,13,22H,10-12H2,(H,20,23). The van der Waals surface area contributed by atoms with Crippen LogP contribution in [0.25, 0.3) is 10.6 Å². The van der Waals surface area contributed by atoms with E-state index in [0.717, 1.165) is 28.1 Å². The highest BCUT2D eigenvalue weighted by Gasteiger charge is 2.11. The third-order valence-electron chi connectivity index (χ3n) is 3.66. The van der Waals surface area contributed by atoms with Gasteiger partial charge in [0.05, 0.1) is 6.61 Å². The Bertz CT molecular complexity index is 798. The summed E-state index contributed by atoms with van der Waals surface area (Å²) in [6.07, 6.45) is 0.743. The Morgan fingerprint density at radius 3 is 2.46 bits per heavy atom. The number of aromatic nitrogens is 1. The summed E-state index contributed by atoms with van der Waals surface area (Å²) in [7, 11) is 0. The monoisotopic (exact) mass is 338 g/mol. The highest BCUT2D eigenvalue weighted by Crippen LogP contribution is 2.23. The highest BCUT2D eigenvalue weighted by atomic mass is 32.1. The molecule has 0 aliphatic rings. The van der Waals surface area contributed by atoms with Crippen molar-refractivity contribution < 1.29 is 9.90 Å².